The Hall–Kier alpha value is -2.20. The van der Waals surface area contributed by atoms with Gasteiger partial charge in [0.05, 0.1) is 16.3 Å². The Bertz CT molecular complexity index is 1100. The van der Waals surface area contributed by atoms with Crippen molar-refractivity contribution < 1.29 is 8.78 Å². The van der Waals surface area contributed by atoms with Crippen LogP contribution in [0.15, 0.2) is 42.7 Å². The van der Waals surface area contributed by atoms with E-state index in [1.807, 2.05) is 10.8 Å². The van der Waals surface area contributed by atoms with Gasteiger partial charge in [-0.25, -0.2) is 0 Å². The third kappa shape index (κ3) is 2.17. The number of nitrogens with zero attached hydrogens (tertiary/aromatic N) is 1. The van der Waals surface area contributed by atoms with Gasteiger partial charge in [0.25, 0.3) is 0 Å². The molecular weight excluding hydrogens is 304 g/mol. The molecule has 4 heteroatoms. The number of para-hydroxylation sites is 1. The molecule has 23 heavy (non-hydrogen) atoms. The molecule has 1 N–H and O–H groups in total. The van der Waals surface area contributed by atoms with E-state index in [9.17, 15) is 4.21 Å². The lowest BCUT2D eigenvalue weighted by molar-refractivity contribution is -0.675. The predicted molar refractivity (Wildman–Crippen MR) is 97.0 cm³/mol. The molecule has 0 radical (unpaired) electrons. The van der Waals surface area contributed by atoms with Gasteiger partial charge in [-0.2, -0.15) is 4.57 Å². The second-order valence-corrected chi connectivity index (χ2v) is 7.56. The number of aromatic nitrogens is 2. The number of aromatic amines is 1. The summed E-state index contributed by atoms with van der Waals surface area (Å²) in [7, 11) is -0.856. The number of nitrogens with one attached hydrogen (secondary N) is 1. The first-order valence-electron chi connectivity index (χ1n) is 7.68. The summed E-state index contributed by atoms with van der Waals surface area (Å²) in [4.78, 5) is 3.57. The maximum absolute atomic E-state index is 11.5. The number of pyridine rings is 1. The third-order valence-corrected chi connectivity index (χ3v) is 5.27. The molecule has 1 unspecified atom stereocenters. The lowest BCUT2D eigenvalue weighted by Crippen LogP contribution is -2.34. The number of aryl methyl sites for hydroxylation is 2. The molecule has 116 valence electrons. The van der Waals surface area contributed by atoms with E-state index in [2.05, 4.69) is 55.4 Å². The number of H-pyrrole nitrogens is 1. The number of benzene rings is 2. The Balaban J connectivity index is 2.15. The van der Waals surface area contributed by atoms with Crippen LogP contribution in [0.2, 0.25) is 0 Å². The number of fused-ring (bicyclic) bond motifs is 4. The zero-order valence-corrected chi connectivity index (χ0v) is 14.3. The summed E-state index contributed by atoms with van der Waals surface area (Å²) in [5.41, 5.74) is 4.93. The summed E-state index contributed by atoms with van der Waals surface area (Å²) in [6, 6.07) is 10.6. The van der Waals surface area contributed by atoms with Crippen LogP contribution in [0.4, 0.5) is 0 Å². The first-order chi connectivity index (χ1) is 11.1. The molecule has 4 aromatic rings. The number of rotatable bonds is 2. The minimum atomic E-state index is -0.856. The summed E-state index contributed by atoms with van der Waals surface area (Å²) in [5.74, 6) is 0.528. The molecular formula is C19H19N2OS+. The molecule has 3 nitrogen and oxygen atoms in total. The fourth-order valence-electron chi connectivity index (χ4n) is 3.54. The Kier molecular flexibility index (Phi) is 3.23. The van der Waals surface area contributed by atoms with E-state index in [0.717, 1.165) is 0 Å². The van der Waals surface area contributed by atoms with Crippen molar-refractivity contribution >= 4 is 43.4 Å². The van der Waals surface area contributed by atoms with Crippen LogP contribution >= 0.6 is 0 Å². The molecule has 2 aromatic carbocycles. The van der Waals surface area contributed by atoms with Crippen LogP contribution in [0.1, 0.15) is 11.1 Å². The number of hydrogen-bond donors (Lipinski definition) is 1. The highest BCUT2D eigenvalue weighted by atomic mass is 32.2. The highest BCUT2D eigenvalue weighted by molar-refractivity contribution is 7.83. The molecule has 0 saturated carbocycles. The van der Waals surface area contributed by atoms with E-state index >= 15 is 0 Å². The van der Waals surface area contributed by atoms with Crippen molar-refractivity contribution in [3.63, 3.8) is 0 Å². The van der Waals surface area contributed by atoms with Crippen molar-refractivity contribution in [1.29, 1.82) is 0 Å². The van der Waals surface area contributed by atoms with Crippen LogP contribution in [-0.2, 0) is 16.7 Å². The molecule has 2 aromatic heterocycles. The number of hydrogen-bond acceptors (Lipinski definition) is 1. The summed E-state index contributed by atoms with van der Waals surface area (Å²) >= 11 is 0. The van der Waals surface area contributed by atoms with Crippen LogP contribution in [0.25, 0.3) is 32.6 Å². The van der Waals surface area contributed by atoms with E-state index in [1.54, 1.807) is 6.26 Å². The van der Waals surface area contributed by atoms with Gasteiger partial charge in [-0.1, -0.05) is 18.2 Å². The molecule has 4 rings (SSSR count). The van der Waals surface area contributed by atoms with Gasteiger partial charge in [0.15, 0.2) is 12.4 Å². The van der Waals surface area contributed by atoms with Crippen molar-refractivity contribution in [1.82, 2.24) is 4.98 Å². The maximum Gasteiger partial charge on any atom is 0.222 e. The fraction of sp³-hybridized carbons (Fsp3) is 0.211. The first kappa shape index (κ1) is 14.4. The molecule has 0 aliphatic heterocycles. The summed E-state index contributed by atoms with van der Waals surface area (Å²) in [6.45, 7) is 4.35. The van der Waals surface area contributed by atoms with Crippen LogP contribution in [0.5, 0.6) is 0 Å². The monoisotopic (exact) mass is 323 g/mol. The van der Waals surface area contributed by atoms with Crippen LogP contribution in [0.3, 0.4) is 0 Å². The van der Waals surface area contributed by atoms with Crippen LogP contribution in [0, 0.1) is 13.8 Å². The standard InChI is InChI=1S/C19H18N2OS/c1-12-16-10-21(11-23(3)22)9-8-14(16)13(2)19-18(12)15-6-4-5-7-17(15)20-19/h4-10H,11H2,1-3H3/p+1. The van der Waals surface area contributed by atoms with E-state index in [4.69, 9.17) is 0 Å². The topological polar surface area (TPSA) is 36.7 Å². The molecule has 0 aliphatic carbocycles. The average Bonchev–Trinajstić information content (AvgIpc) is 2.92. The SMILES string of the molecule is Cc1c2cc[n+](CS(C)=O)cc2c(C)c2c1[nH]c1ccccc12. The zero-order valence-electron chi connectivity index (χ0n) is 13.5. The molecule has 0 fully saturated rings. The highest BCUT2D eigenvalue weighted by Gasteiger charge is 2.16. The van der Waals surface area contributed by atoms with Crippen LogP contribution in [-0.4, -0.2) is 15.4 Å². The quantitative estimate of drug-likeness (QED) is 0.561. The van der Waals surface area contributed by atoms with E-state index in [-0.39, 0.29) is 0 Å². The highest BCUT2D eigenvalue weighted by Crippen LogP contribution is 2.35. The minimum Gasteiger partial charge on any atom is -0.354 e. The predicted octanol–water partition coefficient (Wildman–Crippen LogP) is 3.71. The molecule has 0 spiro atoms. The maximum atomic E-state index is 11.5. The van der Waals surface area contributed by atoms with Gasteiger partial charge in [0.2, 0.25) is 5.88 Å². The Labute approximate surface area is 137 Å². The van der Waals surface area contributed by atoms with Crippen molar-refractivity contribution in [3.05, 3.63) is 53.9 Å². The van der Waals surface area contributed by atoms with Crippen LogP contribution < -0.4 is 4.57 Å². The normalized spacial score (nSPS) is 13.2. The van der Waals surface area contributed by atoms with Gasteiger partial charge in [-0.05, 0) is 36.4 Å². The van der Waals surface area contributed by atoms with Gasteiger partial charge in [0, 0.05) is 34.0 Å². The van der Waals surface area contributed by atoms with Gasteiger partial charge in [-0.15, -0.1) is 0 Å². The summed E-state index contributed by atoms with van der Waals surface area (Å²) < 4.78 is 13.6. The summed E-state index contributed by atoms with van der Waals surface area (Å²) in [5, 5.41) is 5.04. The van der Waals surface area contributed by atoms with Crippen molar-refractivity contribution in [2.75, 3.05) is 6.26 Å². The van der Waals surface area contributed by atoms with Crippen molar-refractivity contribution in [2.45, 2.75) is 19.7 Å². The van der Waals surface area contributed by atoms with Gasteiger partial charge < -0.3 is 4.98 Å². The Morgan fingerprint density at radius 3 is 2.61 bits per heavy atom. The zero-order chi connectivity index (χ0) is 16.1. The van der Waals surface area contributed by atoms with E-state index in [0.29, 0.717) is 5.88 Å². The van der Waals surface area contributed by atoms with Gasteiger partial charge in [-0.3, -0.25) is 4.21 Å². The van der Waals surface area contributed by atoms with Crippen molar-refractivity contribution in [3.8, 4) is 0 Å². The van der Waals surface area contributed by atoms with Gasteiger partial charge >= 0.3 is 0 Å². The smallest absolute Gasteiger partial charge is 0.222 e. The van der Waals surface area contributed by atoms with Gasteiger partial charge in [0.1, 0.15) is 0 Å². The fourth-order valence-corrected chi connectivity index (χ4v) is 4.12. The molecule has 2 heterocycles. The largest absolute Gasteiger partial charge is 0.354 e. The third-order valence-electron chi connectivity index (χ3n) is 4.61. The molecule has 1 atom stereocenters. The molecule has 0 aliphatic rings. The van der Waals surface area contributed by atoms with E-state index in [1.165, 1.54) is 43.7 Å². The molecule has 0 saturated heterocycles. The molecule has 0 bridgehead atoms. The average molecular weight is 323 g/mol. The Morgan fingerprint density at radius 2 is 1.83 bits per heavy atom. The molecule has 0 amide bonds. The lowest BCUT2D eigenvalue weighted by atomic mass is 9.97. The van der Waals surface area contributed by atoms with E-state index < -0.39 is 10.8 Å². The summed E-state index contributed by atoms with van der Waals surface area (Å²) in [6.07, 6.45) is 5.88. The minimum absolute atomic E-state index is 0.528. The second-order valence-electron chi connectivity index (χ2n) is 6.16. The lowest BCUT2D eigenvalue weighted by Gasteiger charge is -2.08. The second kappa shape index (κ2) is 5.17. The first-order valence-corrected chi connectivity index (χ1v) is 9.41. The van der Waals surface area contributed by atoms with Crippen molar-refractivity contribution in [2.24, 2.45) is 0 Å². The Morgan fingerprint density at radius 1 is 1.04 bits per heavy atom.